The number of pyridine rings is 1. The Labute approximate surface area is 119 Å². The number of aromatic nitrogens is 3. The molecule has 0 N–H and O–H groups in total. The predicted molar refractivity (Wildman–Crippen MR) is 80.0 cm³/mol. The van der Waals surface area contributed by atoms with Crippen LogP contribution in [0.1, 0.15) is 35.8 Å². The fourth-order valence-electron chi connectivity index (χ4n) is 2.25. The number of hydrogen-bond acceptors (Lipinski definition) is 4. The number of rotatable bonds is 5. The minimum atomic E-state index is 0.599. The lowest BCUT2D eigenvalue weighted by Gasteiger charge is -2.19. The molecule has 0 unspecified atom stereocenters. The van der Waals surface area contributed by atoms with Crippen molar-refractivity contribution in [3.05, 3.63) is 47.7 Å². The molecule has 1 aliphatic rings. The van der Waals surface area contributed by atoms with Crippen molar-refractivity contribution < 1.29 is 0 Å². The van der Waals surface area contributed by atoms with Gasteiger partial charge in [0.2, 0.25) is 0 Å². The topological polar surface area (TPSA) is 41.9 Å². The molecule has 0 amide bonds. The summed E-state index contributed by atoms with van der Waals surface area (Å²) in [6.45, 7) is 3.00. The molecule has 0 radical (unpaired) electrons. The van der Waals surface area contributed by atoms with E-state index in [1.54, 1.807) is 0 Å². The predicted octanol–water partition coefficient (Wildman–Crippen LogP) is 2.74. The van der Waals surface area contributed by atoms with Crippen LogP contribution in [0.15, 0.2) is 30.6 Å². The molecule has 2 heterocycles. The second kappa shape index (κ2) is 5.57. The van der Waals surface area contributed by atoms with Crippen LogP contribution in [-0.2, 0) is 6.42 Å². The molecule has 1 aliphatic carbocycles. The van der Waals surface area contributed by atoms with Gasteiger partial charge >= 0.3 is 0 Å². The molecule has 0 spiro atoms. The zero-order valence-corrected chi connectivity index (χ0v) is 12.1. The van der Waals surface area contributed by atoms with Gasteiger partial charge in [0.15, 0.2) is 0 Å². The lowest BCUT2D eigenvalue weighted by Crippen LogP contribution is -2.22. The monoisotopic (exact) mass is 268 g/mol. The van der Waals surface area contributed by atoms with Crippen molar-refractivity contribution in [2.45, 2.75) is 32.1 Å². The van der Waals surface area contributed by atoms with Gasteiger partial charge in [0.25, 0.3) is 0 Å². The highest BCUT2D eigenvalue weighted by Gasteiger charge is 2.27. The van der Waals surface area contributed by atoms with Gasteiger partial charge in [0, 0.05) is 43.7 Å². The van der Waals surface area contributed by atoms with E-state index in [2.05, 4.69) is 40.1 Å². The van der Waals surface area contributed by atoms with Crippen LogP contribution in [-0.4, -0.2) is 28.5 Å². The number of hydrogen-bond donors (Lipinski definition) is 0. The van der Waals surface area contributed by atoms with Gasteiger partial charge in [0.1, 0.15) is 11.6 Å². The molecule has 0 saturated heterocycles. The molecule has 20 heavy (non-hydrogen) atoms. The van der Waals surface area contributed by atoms with E-state index in [0.717, 1.165) is 30.3 Å². The zero-order chi connectivity index (χ0) is 13.9. The van der Waals surface area contributed by atoms with E-state index in [4.69, 9.17) is 4.98 Å². The Bertz CT molecular complexity index is 578. The first kappa shape index (κ1) is 13.0. The molecule has 2 aromatic heterocycles. The molecule has 0 atom stereocenters. The van der Waals surface area contributed by atoms with Crippen LogP contribution in [0.3, 0.4) is 0 Å². The molecule has 1 saturated carbocycles. The summed E-state index contributed by atoms with van der Waals surface area (Å²) in [6.07, 6.45) is 7.17. The highest BCUT2D eigenvalue weighted by atomic mass is 15.2. The van der Waals surface area contributed by atoms with Crippen LogP contribution < -0.4 is 4.90 Å². The van der Waals surface area contributed by atoms with E-state index >= 15 is 0 Å². The zero-order valence-electron chi connectivity index (χ0n) is 12.1. The molecule has 2 aromatic rings. The molecule has 0 aromatic carbocycles. The van der Waals surface area contributed by atoms with Gasteiger partial charge in [0.05, 0.1) is 0 Å². The summed E-state index contributed by atoms with van der Waals surface area (Å²) in [5, 5.41) is 0. The Hall–Kier alpha value is -1.97. The van der Waals surface area contributed by atoms with E-state index in [1.165, 1.54) is 18.4 Å². The normalized spacial score (nSPS) is 14.3. The van der Waals surface area contributed by atoms with Crippen molar-refractivity contribution in [3.8, 4) is 0 Å². The van der Waals surface area contributed by atoms with Crippen molar-refractivity contribution in [1.82, 2.24) is 15.0 Å². The van der Waals surface area contributed by atoms with Crippen LogP contribution in [0.5, 0.6) is 0 Å². The van der Waals surface area contributed by atoms with E-state index in [-0.39, 0.29) is 0 Å². The van der Waals surface area contributed by atoms with Gasteiger partial charge in [-0.15, -0.1) is 0 Å². The van der Waals surface area contributed by atoms with E-state index in [9.17, 15) is 0 Å². The van der Waals surface area contributed by atoms with Gasteiger partial charge in [-0.05, 0) is 43.9 Å². The summed E-state index contributed by atoms with van der Waals surface area (Å²) in [5.41, 5.74) is 2.37. The highest BCUT2D eigenvalue weighted by molar-refractivity contribution is 5.39. The summed E-state index contributed by atoms with van der Waals surface area (Å²) in [6, 6.07) is 6.20. The third kappa shape index (κ3) is 3.13. The van der Waals surface area contributed by atoms with Gasteiger partial charge in [-0.25, -0.2) is 9.97 Å². The third-order valence-electron chi connectivity index (χ3n) is 3.68. The first-order chi connectivity index (χ1) is 9.72. The largest absolute Gasteiger partial charge is 0.359 e. The van der Waals surface area contributed by atoms with Crippen LogP contribution >= 0.6 is 0 Å². The van der Waals surface area contributed by atoms with Crippen molar-refractivity contribution in [2.75, 3.05) is 18.5 Å². The van der Waals surface area contributed by atoms with Gasteiger partial charge in [-0.1, -0.05) is 0 Å². The molecular weight excluding hydrogens is 248 g/mol. The Kier molecular flexibility index (Phi) is 3.63. The Morgan fingerprint density at radius 2 is 1.95 bits per heavy atom. The quantitative estimate of drug-likeness (QED) is 0.836. The number of nitrogens with zero attached hydrogens (tertiary/aromatic N) is 4. The fourth-order valence-corrected chi connectivity index (χ4v) is 2.25. The maximum absolute atomic E-state index is 4.71. The summed E-state index contributed by atoms with van der Waals surface area (Å²) in [5.74, 6) is 2.66. The lowest BCUT2D eigenvalue weighted by molar-refractivity contribution is 0.826. The van der Waals surface area contributed by atoms with Crippen molar-refractivity contribution >= 4 is 5.82 Å². The Balaban J connectivity index is 1.68. The van der Waals surface area contributed by atoms with Crippen LogP contribution in [0.4, 0.5) is 5.82 Å². The van der Waals surface area contributed by atoms with Crippen molar-refractivity contribution in [3.63, 3.8) is 0 Å². The second-order valence-corrected chi connectivity index (χ2v) is 5.53. The second-order valence-electron chi connectivity index (χ2n) is 5.53. The first-order valence-electron chi connectivity index (χ1n) is 7.18. The average Bonchev–Trinajstić information content (AvgIpc) is 3.30. The Morgan fingerprint density at radius 1 is 1.20 bits per heavy atom. The number of anilines is 1. The molecule has 4 heteroatoms. The van der Waals surface area contributed by atoms with Gasteiger partial charge < -0.3 is 4.90 Å². The molecule has 104 valence electrons. The summed E-state index contributed by atoms with van der Waals surface area (Å²) in [4.78, 5) is 15.5. The standard InChI is InChI=1S/C16H20N4/c1-12-11-15(19-16(18-12)14-3-4-14)20(2)10-7-13-5-8-17-9-6-13/h5-6,8-9,11,14H,3-4,7,10H2,1-2H3. The fraction of sp³-hybridized carbons (Fsp3) is 0.438. The van der Waals surface area contributed by atoms with Crippen LogP contribution in [0.25, 0.3) is 0 Å². The molecule has 0 bridgehead atoms. The van der Waals surface area contributed by atoms with E-state index < -0.39 is 0 Å². The van der Waals surface area contributed by atoms with Gasteiger partial charge in [-0.3, -0.25) is 4.98 Å². The third-order valence-corrected chi connectivity index (χ3v) is 3.68. The average molecular weight is 268 g/mol. The number of aryl methyl sites for hydroxylation is 1. The summed E-state index contributed by atoms with van der Waals surface area (Å²) >= 11 is 0. The van der Waals surface area contributed by atoms with Crippen LogP contribution in [0.2, 0.25) is 0 Å². The van der Waals surface area contributed by atoms with E-state index in [1.807, 2.05) is 19.3 Å². The SMILES string of the molecule is Cc1cc(N(C)CCc2ccncc2)nc(C2CC2)n1. The first-order valence-corrected chi connectivity index (χ1v) is 7.18. The maximum Gasteiger partial charge on any atom is 0.134 e. The maximum atomic E-state index is 4.71. The summed E-state index contributed by atoms with van der Waals surface area (Å²) in [7, 11) is 2.10. The Morgan fingerprint density at radius 3 is 2.65 bits per heavy atom. The molecule has 4 nitrogen and oxygen atoms in total. The minimum absolute atomic E-state index is 0.599. The number of likely N-dealkylation sites (N-methyl/N-ethyl adjacent to an activating group) is 1. The lowest BCUT2D eigenvalue weighted by atomic mass is 10.2. The van der Waals surface area contributed by atoms with E-state index in [0.29, 0.717) is 5.92 Å². The van der Waals surface area contributed by atoms with Crippen LogP contribution in [0, 0.1) is 6.92 Å². The molecule has 1 fully saturated rings. The minimum Gasteiger partial charge on any atom is -0.359 e. The van der Waals surface area contributed by atoms with Gasteiger partial charge in [-0.2, -0.15) is 0 Å². The smallest absolute Gasteiger partial charge is 0.134 e. The molecular formula is C16H20N4. The molecule has 3 rings (SSSR count). The van der Waals surface area contributed by atoms with Crippen molar-refractivity contribution in [1.29, 1.82) is 0 Å². The van der Waals surface area contributed by atoms with Crippen molar-refractivity contribution in [2.24, 2.45) is 0 Å². The molecule has 0 aliphatic heterocycles. The summed E-state index contributed by atoms with van der Waals surface area (Å²) < 4.78 is 0. The highest BCUT2D eigenvalue weighted by Crippen LogP contribution is 2.38.